The molecule has 0 unspecified atom stereocenters. The van der Waals surface area contributed by atoms with E-state index in [1.807, 2.05) is 0 Å². The summed E-state index contributed by atoms with van der Waals surface area (Å²) < 4.78 is 0. The lowest BCUT2D eigenvalue weighted by atomic mass is 10.2. The Bertz CT molecular complexity index is 539. The third kappa shape index (κ3) is 23.8. The molecule has 162 valence electrons. The third-order valence-corrected chi connectivity index (χ3v) is 4.04. The number of hydrogen-bond donors (Lipinski definition) is 2. The fraction of sp³-hybridized carbons (Fsp3) is 0.500. The van der Waals surface area contributed by atoms with Crippen LogP contribution < -0.4 is 5.32 Å². The molecule has 0 spiro atoms. The zero-order chi connectivity index (χ0) is 21.3. The van der Waals surface area contributed by atoms with Crippen molar-refractivity contribution in [1.82, 2.24) is 5.32 Å². The number of carbonyl (C=O) groups excluding carboxylic acids is 1. The summed E-state index contributed by atoms with van der Waals surface area (Å²) in [5, 5.41) is 11.5. The molecule has 0 aliphatic carbocycles. The van der Waals surface area contributed by atoms with Crippen LogP contribution in [-0.2, 0) is 4.79 Å². The molecule has 0 radical (unpaired) electrons. The van der Waals surface area contributed by atoms with E-state index in [-0.39, 0.29) is 12.5 Å². The molecule has 3 nitrogen and oxygen atoms in total. The normalized spacial score (nSPS) is 12.8. The van der Waals surface area contributed by atoms with Gasteiger partial charge in [0.2, 0.25) is 5.91 Å². The summed E-state index contributed by atoms with van der Waals surface area (Å²) in [6.07, 6.45) is 35.0. The maximum absolute atomic E-state index is 11.5. The van der Waals surface area contributed by atoms with Gasteiger partial charge < -0.3 is 10.4 Å². The molecule has 3 heteroatoms. The van der Waals surface area contributed by atoms with E-state index in [4.69, 9.17) is 5.11 Å². The molecule has 0 aliphatic rings. The Morgan fingerprint density at radius 1 is 0.690 bits per heavy atom. The minimum absolute atomic E-state index is 0.0856. The summed E-state index contributed by atoms with van der Waals surface area (Å²) in [4.78, 5) is 11.5. The second-order valence-electron chi connectivity index (χ2n) is 6.73. The summed E-state index contributed by atoms with van der Waals surface area (Å²) in [6, 6.07) is 0. The van der Waals surface area contributed by atoms with Gasteiger partial charge in [0.05, 0.1) is 0 Å². The summed E-state index contributed by atoms with van der Waals surface area (Å²) in [6.45, 7) is 3.00. The fourth-order valence-electron chi connectivity index (χ4n) is 2.41. The van der Waals surface area contributed by atoms with Crippen molar-refractivity contribution in [3.8, 4) is 0 Å². The second kappa shape index (κ2) is 23.9. The van der Waals surface area contributed by atoms with Crippen molar-refractivity contribution in [2.24, 2.45) is 0 Å². The maximum Gasteiger partial charge on any atom is 0.220 e. The maximum atomic E-state index is 11.5. The van der Waals surface area contributed by atoms with Crippen molar-refractivity contribution in [1.29, 1.82) is 0 Å². The van der Waals surface area contributed by atoms with E-state index < -0.39 is 0 Å². The van der Waals surface area contributed by atoms with Crippen molar-refractivity contribution < 1.29 is 9.90 Å². The second-order valence-corrected chi connectivity index (χ2v) is 6.73. The van der Waals surface area contributed by atoms with Gasteiger partial charge in [0, 0.05) is 19.6 Å². The van der Waals surface area contributed by atoms with Crippen molar-refractivity contribution in [3.05, 3.63) is 72.9 Å². The van der Waals surface area contributed by atoms with Gasteiger partial charge in [-0.1, -0.05) is 79.8 Å². The highest BCUT2D eigenvalue weighted by Crippen LogP contribution is 1.98. The van der Waals surface area contributed by atoms with Gasteiger partial charge in [0.1, 0.15) is 0 Å². The first-order valence-corrected chi connectivity index (χ1v) is 11.1. The number of rotatable bonds is 18. The standard InChI is InChI=1S/C26H41NO2/c1-2-3-4-5-6-7-8-9-10-11-12-13-14-15-16-17-18-19-20-23-26(29)27-24-21-22-25-28/h3-4,6-7,9-10,12-13,15-16,18-19,28H,2,5,8,11,14,17,20-25H2,1H3,(H,27,29)/b4-3-,7-6-,10-9-,13-12-,16-15-,19-18-. The van der Waals surface area contributed by atoms with Gasteiger partial charge in [0.25, 0.3) is 0 Å². The number of allylic oxidation sites excluding steroid dienone is 12. The molecular weight excluding hydrogens is 358 g/mol. The van der Waals surface area contributed by atoms with Crippen LogP contribution in [0.15, 0.2) is 72.9 Å². The van der Waals surface area contributed by atoms with E-state index in [2.05, 4.69) is 85.2 Å². The zero-order valence-electron chi connectivity index (χ0n) is 18.3. The Morgan fingerprint density at radius 3 is 1.59 bits per heavy atom. The predicted octanol–water partition coefficient (Wildman–Crippen LogP) is 6.35. The number of amides is 1. The fourth-order valence-corrected chi connectivity index (χ4v) is 2.41. The van der Waals surface area contributed by atoms with Gasteiger partial charge in [-0.3, -0.25) is 4.79 Å². The minimum Gasteiger partial charge on any atom is -0.396 e. The summed E-state index contributed by atoms with van der Waals surface area (Å²) in [5.74, 6) is 0.0856. The van der Waals surface area contributed by atoms with Crippen LogP contribution in [0.25, 0.3) is 0 Å². The molecule has 2 N–H and O–H groups in total. The molecule has 0 fully saturated rings. The SMILES string of the molecule is CC/C=C\C/C=C\C/C=C\C/C=C\C/C=C\C/C=C\CCC(=O)NCCCCO. The number of aliphatic hydroxyl groups excluding tert-OH is 1. The largest absolute Gasteiger partial charge is 0.396 e. The Hall–Kier alpha value is -2.13. The molecular formula is C26H41NO2. The Balaban J connectivity index is 3.54. The van der Waals surface area contributed by atoms with Crippen LogP contribution >= 0.6 is 0 Å². The molecule has 1 amide bonds. The monoisotopic (exact) mass is 399 g/mol. The van der Waals surface area contributed by atoms with Crippen LogP contribution in [-0.4, -0.2) is 24.2 Å². The summed E-state index contributed by atoms with van der Waals surface area (Å²) >= 11 is 0. The molecule has 0 saturated heterocycles. The van der Waals surface area contributed by atoms with E-state index in [1.54, 1.807) is 0 Å². The molecule has 0 bridgehead atoms. The van der Waals surface area contributed by atoms with Crippen LogP contribution in [0.4, 0.5) is 0 Å². The molecule has 0 heterocycles. The molecule has 0 aliphatic heterocycles. The minimum atomic E-state index is 0.0856. The number of nitrogens with one attached hydrogen (secondary N) is 1. The third-order valence-electron chi connectivity index (χ3n) is 4.04. The topological polar surface area (TPSA) is 49.3 Å². The highest BCUT2D eigenvalue weighted by molar-refractivity contribution is 5.75. The average Bonchev–Trinajstić information content (AvgIpc) is 2.73. The predicted molar refractivity (Wildman–Crippen MR) is 127 cm³/mol. The molecule has 0 aromatic heterocycles. The van der Waals surface area contributed by atoms with Crippen LogP contribution in [0.2, 0.25) is 0 Å². The quantitative estimate of drug-likeness (QED) is 0.208. The van der Waals surface area contributed by atoms with E-state index in [0.717, 1.165) is 57.8 Å². The van der Waals surface area contributed by atoms with Gasteiger partial charge >= 0.3 is 0 Å². The summed E-state index contributed by atoms with van der Waals surface area (Å²) in [5.41, 5.74) is 0. The van der Waals surface area contributed by atoms with Gasteiger partial charge in [-0.05, 0) is 57.8 Å². The Kier molecular flexibility index (Phi) is 22.2. The molecule has 29 heavy (non-hydrogen) atoms. The molecule has 0 aromatic carbocycles. The van der Waals surface area contributed by atoms with E-state index >= 15 is 0 Å². The van der Waals surface area contributed by atoms with Crippen molar-refractivity contribution in [2.45, 2.75) is 71.1 Å². The summed E-state index contributed by atoms with van der Waals surface area (Å²) in [7, 11) is 0. The molecule has 0 atom stereocenters. The number of unbranched alkanes of at least 4 members (excludes halogenated alkanes) is 1. The highest BCUT2D eigenvalue weighted by Gasteiger charge is 1.97. The van der Waals surface area contributed by atoms with E-state index in [9.17, 15) is 4.79 Å². The van der Waals surface area contributed by atoms with Crippen molar-refractivity contribution in [2.75, 3.05) is 13.2 Å². The number of hydrogen-bond acceptors (Lipinski definition) is 2. The molecule has 0 rings (SSSR count). The van der Waals surface area contributed by atoms with E-state index in [1.165, 1.54) is 0 Å². The highest BCUT2D eigenvalue weighted by atomic mass is 16.2. The first-order chi connectivity index (χ1) is 14.3. The van der Waals surface area contributed by atoms with Crippen LogP contribution in [0.5, 0.6) is 0 Å². The Morgan fingerprint density at radius 2 is 1.14 bits per heavy atom. The van der Waals surface area contributed by atoms with Crippen LogP contribution in [0.3, 0.4) is 0 Å². The van der Waals surface area contributed by atoms with Crippen molar-refractivity contribution >= 4 is 5.91 Å². The molecule has 0 saturated carbocycles. The Labute approximate surface area is 178 Å². The lowest BCUT2D eigenvalue weighted by Crippen LogP contribution is -2.23. The average molecular weight is 400 g/mol. The van der Waals surface area contributed by atoms with E-state index in [0.29, 0.717) is 13.0 Å². The number of carbonyl (C=O) groups is 1. The first-order valence-electron chi connectivity index (χ1n) is 11.1. The van der Waals surface area contributed by atoms with Crippen LogP contribution in [0.1, 0.15) is 71.1 Å². The zero-order valence-corrected chi connectivity index (χ0v) is 18.3. The lowest BCUT2D eigenvalue weighted by molar-refractivity contribution is -0.121. The smallest absolute Gasteiger partial charge is 0.220 e. The van der Waals surface area contributed by atoms with Crippen molar-refractivity contribution in [3.63, 3.8) is 0 Å². The van der Waals surface area contributed by atoms with Gasteiger partial charge in [0.15, 0.2) is 0 Å². The van der Waals surface area contributed by atoms with Gasteiger partial charge in [-0.2, -0.15) is 0 Å². The first kappa shape index (κ1) is 26.9. The lowest BCUT2D eigenvalue weighted by Gasteiger charge is -2.02. The van der Waals surface area contributed by atoms with Gasteiger partial charge in [-0.15, -0.1) is 0 Å². The van der Waals surface area contributed by atoms with Crippen LogP contribution in [0, 0.1) is 0 Å². The van der Waals surface area contributed by atoms with Gasteiger partial charge in [-0.25, -0.2) is 0 Å². The molecule has 0 aromatic rings. The number of aliphatic hydroxyl groups is 1.